The van der Waals surface area contributed by atoms with Gasteiger partial charge in [0.05, 0.1) is 27.8 Å². The van der Waals surface area contributed by atoms with Gasteiger partial charge in [-0.2, -0.15) is 0 Å². The zero-order chi connectivity index (χ0) is 19.3. The molecule has 10 heteroatoms. The quantitative estimate of drug-likeness (QED) is 0.485. The second-order valence-electron chi connectivity index (χ2n) is 5.16. The zero-order valence-corrected chi connectivity index (χ0v) is 14.7. The van der Waals surface area contributed by atoms with Gasteiger partial charge in [-0.15, -0.1) is 0 Å². The van der Waals surface area contributed by atoms with Gasteiger partial charge in [-0.25, -0.2) is 0 Å². The van der Waals surface area contributed by atoms with Crippen LogP contribution in [0.3, 0.4) is 0 Å². The van der Waals surface area contributed by atoms with Crippen LogP contribution in [-0.2, 0) is 0 Å². The Morgan fingerprint density at radius 3 is 2.62 bits per heavy atom. The van der Waals surface area contributed by atoms with Crippen LogP contribution in [0.4, 0.5) is 11.4 Å². The van der Waals surface area contributed by atoms with E-state index in [-0.39, 0.29) is 39.3 Å². The molecule has 1 unspecified atom stereocenters. The lowest BCUT2D eigenvalue weighted by Gasteiger charge is -2.14. The van der Waals surface area contributed by atoms with Crippen LogP contribution < -0.4 is 10.1 Å². The summed E-state index contributed by atoms with van der Waals surface area (Å²) in [4.78, 5) is 22.6. The van der Waals surface area contributed by atoms with Crippen molar-refractivity contribution in [3.63, 3.8) is 0 Å². The molecule has 0 bridgehead atoms. The molecule has 0 radical (unpaired) electrons. The minimum atomic E-state index is -1.11. The number of nitrogens with zero attached hydrogens (tertiary/aromatic N) is 1. The lowest BCUT2D eigenvalue weighted by Crippen LogP contribution is -2.22. The van der Waals surface area contributed by atoms with E-state index in [1.165, 1.54) is 30.3 Å². The second kappa shape index (κ2) is 8.81. The predicted molar refractivity (Wildman–Crippen MR) is 96.1 cm³/mol. The number of nitro benzene ring substituents is 1. The van der Waals surface area contributed by atoms with Crippen LogP contribution in [0.5, 0.6) is 5.75 Å². The topological polar surface area (TPSA) is 122 Å². The van der Waals surface area contributed by atoms with Gasteiger partial charge in [0.15, 0.2) is 0 Å². The van der Waals surface area contributed by atoms with Crippen LogP contribution in [0.15, 0.2) is 36.4 Å². The maximum atomic E-state index is 12.5. The molecule has 0 aromatic heterocycles. The molecule has 3 N–H and O–H groups in total. The van der Waals surface area contributed by atoms with Crippen LogP contribution >= 0.6 is 23.2 Å². The normalized spacial score (nSPS) is 11.7. The maximum absolute atomic E-state index is 12.5. The minimum Gasteiger partial charge on any atom is -0.490 e. The molecule has 0 aliphatic rings. The van der Waals surface area contributed by atoms with Crippen LogP contribution in [0.1, 0.15) is 10.4 Å². The van der Waals surface area contributed by atoms with Gasteiger partial charge in [-0.3, -0.25) is 14.9 Å². The van der Waals surface area contributed by atoms with Gasteiger partial charge in [0.25, 0.3) is 11.6 Å². The summed E-state index contributed by atoms with van der Waals surface area (Å²) in [6, 6.07) is 7.92. The molecule has 8 nitrogen and oxygen atoms in total. The van der Waals surface area contributed by atoms with Gasteiger partial charge >= 0.3 is 0 Å². The van der Waals surface area contributed by atoms with Crippen molar-refractivity contribution in [1.82, 2.24) is 0 Å². The van der Waals surface area contributed by atoms with Crippen molar-refractivity contribution in [1.29, 1.82) is 0 Å². The van der Waals surface area contributed by atoms with Crippen molar-refractivity contribution in [2.24, 2.45) is 0 Å². The Kier molecular flexibility index (Phi) is 6.76. The first-order chi connectivity index (χ1) is 12.3. The summed E-state index contributed by atoms with van der Waals surface area (Å²) in [6.45, 7) is -0.718. The number of hydrogen-bond donors (Lipinski definition) is 3. The number of carbonyl (C=O) groups is 1. The summed E-state index contributed by atoms with van der Waals surface area (Å²) in [5.74, 6) is -0.478. The van der Waals surface area contributed by atoms with E-state index < -0.39 is 23.5 Å². The number of aliphatic hydroxyl groups is 2. The summed E-state index contributed by atoms with van der Waals surface area (Å²) >= 11 is 11.9. The van der Waals surface area contributed by atoms with E-state index in [0.717, 1.165) is 6.07 Å². The number of nitro groups is 1. The average Bonchev–Trinajstić information content (AvgIpc) is 2.61. The van der Waals surface area contributed by atoms with Crippen LogP contribution in [-0.4, -0.2) is 40.4 Å². The molecule has 0 saturated heterocycles. The monoisotopic (exact) mass is 400 g/mol. The number of nitrogens with one attached hydrogen (secondary N) is 1. The van der Waals surface area contributed by atoms with Crippen LogP contribution in [0.2, 0.25) is 10.0 Å². The highest BCUT2D eigenvalue weighted by Gasteiger charge is 2.17. The van der Waals surface area contributed by atoms with E-state index in [0.29, 0.717) is 0 Å². The highest BCUT2D eigenvalue weighted by molar-refractivity contribution is 6.34. The zero-order valence-electron chi connectivity index (χ0n) is 13.2. The SMILES string of the molecule is O=C(Nc1ccc([N+](=O)[O-])cc1Cl)c1cc(Cl)ccc1OCC(O)CO. The third-order valence-corrected chi connectivity index (χ3v) is 3.79. The summed E-state index contributed by atoms with van der Waals surface area (Å²) in [7, 11) is 0. The number of amides is 1. The number of anilines is 1. The molecule has 0 aliphatic carbocycles. The fourth-order valence-corrected chi connectivity index (χ4v) is 2.35. The molecular weight excluding hydrogens is 387 g/mol. The summed E-state index contributed by atoms with van der Waals surface area (Å²) < 4.78 is 5.33. The number of rotatable bonds is 7. The fraction of sp³-hybridized carbons (Fsp3) is 0.188. The van der Waals surface area contributed by atoms with Crippen LogP contribution in [0, 0.1) is 10.1 Å². The van der Waals surface area contributed by atoms with Gasteiger partial charge in [0.2, 0.25) is 0 Å². The molecule has 2 aromatic carbocycles. The molecular formula is C16H14Cl2N2O6. The van der Waals surface area contributed by atoms with Crippen molar-refractivity contribution in [3.8, 4) is 5.75 Å². The first-order valence-corrected chi connectivity index (χ1v) is 8.04. The van der Waals surface area contributed by atoms with Gasteiger partial charge in [-0.05, 0) is 24.3 Å². The van der Waals surface area contributed by atoms with E-state index in [9.17, 15) is 20.0 Å². The molecule has 0 heterocycles. The smallest absolute Gasteiger partial charge is 0.271 e. The third kappa shape index (κ3) is 5.06. The predicted octanol–water partition coefficient (Wildman–Crippen LogP) is 2.89. The summed E-state index contributed by atoms with van der Waals surface area (Å²) in [5, 5.41) is 31.7. The third-order valence-electron chi connectivity index (χ3n) is 3.24. The van der Waals surface area contributed by atoms with Gasteiger partial charge < -0.3 is 20.3 Å². The molecule has 0 saturated carbocycles. The van der Waals surface area contributed by atoms with Crippen molar-refractivity contribution in [3.05, 3.63) is 62.1 Å². The number of ether oxygens (including phenoxy) is 1. The van der Waals surface area contributed by atoms with E-state index in [1.54, 1.807) is 0 Å². The first-order valence-electron chi connectivity index (χ1n) is 7.28. The summed E-state index contributed by atoms with van der Waals surface area (Å²) in [6.07, 6.45) is -1.11. The van der Waals surface area contributed by atoms with E-state index >= 15 is 0 Å². The highest BCUT2D eigenvalue weighted by Crippen LogP contribution is 2.29. The fourth-order valence-electron chi connectivity index (χ4n) is 1.95. The Labute approximate surface area is 158 Å². The Hall–Kier alpha value is -2.39. The van der Waals surface area contributed by atoms with Gasteiger partial charge in [-0.1, -0.05) is 23.2 Å². The molecule has 26 heavy (non-hydrogen) atoms. The van der Waals surface area contributed by atoms with Crippen molar-refractivity contribution in [2.45, 2.75) is 6.10 Å². The Morgan fingerprint density at radius 1 is 1.27 bits per heavy atom. The molecule has 2 rings (SSSR count). The molecule has 0 fully saturated rings. The molecule has 138 valence electrons. The summed E-state index contributed by atoms with van der Waals surface area (Å²) in [5.41, 5.74) is 0.0263. The van der Waals surface area contributed by atoms with Gasteiger partial charge in [0, 0.05) is 17.2 Å². The van der Waals surface area contributed by atoms with Gasteiger partial charge in [0.1, 0.15) is 18.5 Å². The largest absolute Gasteiger partial charge is 0.490 e. The molecule has 1 atom stereocenters. The van der Waals surface area contributed by atoms with Crippen molar-refractivity contribution >= 4 is 40.5 Å². The minimum absolute atomic E-state index is 0.00671. The van der Waals surface area contributed by atoms with E-state index in [1.807, 2.05) is 0 Å². The number of benzene rings is 2. The molecule has 0 aliphatic heterocycles. The lowest BCUT2D eigenvalue weighted by molar-refractivity contribution is -0.384. The molecule has 2 aromatic rings. The number of aliphatic hydroxyl groups excluding tert-OH is 2. The Morgan fingerprint density at radius 2 is 2.00 bits per heavy atom. The molecule has 1 amide bonds. The highest BCUT2D eigenvalue weighted by atomic mass is 35.5. The van der Waals surface area contributed by atoms with E-state index in [4.69, 9.17) is 33.0 Å². The number of halogens is 2. The second-order valence-corrected chi connectivity index (χ2v) is 6.01. The maximum Gasteiger partial charge on any atom is 0.271 e. The van der Waals surface area contributed by atoms with E-state index in [2.05, 4.69) is 5.32 Å². The standard InChI is InChI=1S/C16H14Cl2N2O6/c17-9-1-4-15(26-8-11(22)7-21)12(5-9)16(23)19-14-3-2-10(20(24)25)6-13(14)18/h1-6,11,21-22H,7-8H2,(H,19,23). The van der Waals surface area contributed by atoms with Crippen molar-refractivity contribution in [2.75, 3.05) is 18.5 Å². The Bertz CT molecular complexity index is 830. The van der Waals surface area contributed by atoms with Crippen molar-refractivity contribution < 1.29 is 24.7 Å². The van der Waals surface area contributed by atoms with Crippen LogP contribution in [0.25, 0.3) is 0 Å². The number of carbonyl (C=O) groups excluding carboxylic acids is 1. The first kappa shape index (κ1) is 19.9. The average molecular weight is 401 g/mol. The lowest BCUT2D eigenvalue weighted by atomic mass is 10.1. The number of hydrogen-bond acceptors (Lipinski definition) is 6. The molecule has 0 spiro atoms. The Balaban J connectivity index is 2.23. The number of non-ortho nitro benzene ring substituents is 1.